The molecular weight excluding hydrogens is 380 g/mol. The number of benzene rings is 3. The molecule has 0 aliphatic heterocycles. The fraction of sp³-hybridized carbons (Fsp3) is 0.167. The Hall–Kier alpha value is -3.18. The molecule has 3 aromatic rings. The Balaban J connectivity index is 1.58. The molecule has 5 heteroatoms. The van der Waals surface area contributed by atoms with Gasteiger partial charge in [0.25, 0.3) is 5.91 Å². The summed E-state index contributed by atoms with van der Waals surface area (Å²) in [6.07, 6.45) is 0.773. The zero-order valence-corrected chi connectivity index (χ0v) is 17.2. The largest absolute Gasteiger partial charge is 0.492 e. The van der Waals surface area contributed by atoms with E-state index in [-0.39, 0.29) is 5.91 Å². The van der Waals surface area contributed by atoms with Crippen LogP contribution in [0.2, 0.25) is 0 Å². The number of thiocarbonyl (C=S) groups is 1. The van der Waals surface area contributed by atoms with Crippen molar-refractivity contribution >= 4 is 23.2 Å². The maximum absolute atomic E-state index is 12.8. The van der Waals surface area contributed by atoms with Crippen molar-refractivity contribution in [2.75, 3.05) is 13.7 Å². The molecule has 0 bridgehead atoms. The molecule has 0 radical (unpaired) electrons. The van der Waals surface area contributed by atoms with Crippen LogP contribution < -0.4 is 10.1 Å². The Bertz CT molecular complexity index is 945. The Morgan fingerprint density at radius 3 is 2.17 bits per heavy atom. The number of nitrogens with one attached hydrogen (secondary N) is 1. The highest BCUT2D eigenvalue weighted by atomic mass is 32.1. The molecule has 0 aliphatic rings. The summed E-state index contributed by atoms with van der Waals surface area (Å²) in [5.41, 5.74) is 2.78. The van der Waals surface area contributed by atoms with E-state index >= 15 is 0 Å². The van der Waals surface area contributed by atoms with Crippen LogP contribution in [0.5, 0.6) is 5.75 Å². The van der Waals surface area contributed by atoms with Gasteiger partial charge in [0.15, 0.2) is 5.11 Å². The van der Waals surface area contributed by atoms with Crippen LogP contribution in [-0.4, -0.2) is 29.6 Å². The van der Waals surface area contributed by atoms with Crippen LogP contribution in [0, 0.1) is 0 Å². The van der Waals surface area contributed by atoms with Gasteiger partial charge in [-0.25, -0.2) is 0 Å². The molecule has 0 aromatic heterocycles. The number of carbonyl (C=O) groups is 1. The van der Waals surface area contributed by atoms with E-state index in [9.17, 15) is 4.79 Å². The summed E-state index contributed by atoms with van der Waals surface area (Å²) in [5.74, 6) is 0.277. The van der Waals surface area contributed by atoms with Gasteiger partial charge in [-0.3, -0.25) is 10.1 Å². The molecule has 3 aromatic carbocycles. The van der Waals surface area contributed by atoms with Crippen molar-refractivity contribution in [2.24, 2.45) is 0 Å². The zero-order valence-electron chi connectivity index (χ0n) is 16.4. The molecule has 4 nitrogen and oxygen atoms in total. The smallest absolute Gasteiger partial charge is 0.261 e. The highest BCUT2D eigenvalue weighted by Gasteiger charge is 2.15. The zero-order chi connectivity index (χ0) is 20.5. The van der Waals surface area contributed by atoms with Gasteiger partial charge in [0.05, 0.1) is 12.2 Å². The minimum Gasteiger partial charge on any atom is -0.492 e. The second-order valence-corrected chi connectivity index (χ2v) is 7.07. The molecule has 0 atom stereocenters. The number of ether oxygens (including phenoxy) is 1. The maximum atomic E-state index is 12.8. The standard InChI is InChI=1S/C24H24N2O2S/c1-26(18-20-12-6-3-7-13-20)24(29)25-23(27)21-14-8-9-15-22(21)28-17-16-19-10-4-2-5-11-19/h2-15H,16-18H2,1H3,(H,25,27,29). The van der Waals surface area contributed by atoms with Crippen molar-refractivity contribution in [3.63, 3.8) is 0 Å². The first-order chi connectivity index (χ1) is 14.1. The summed E-state index contributed by atoms with van der Waals surface area (Å²) in [4.78, 5) is 14.6. The van der Waals surface area contributed by atoms with Crippen LogP contribution >= 0.6 is 12.2 Å². The van der Waals surface area contributed by atoms with Gasteiger partial charge in [-0.15, -0.1) is 0 Å². The molecule has 1 amide bonds. The molecule has 29 heavy (non-hydrogen) atoms. The Morgan fingerprint density at radius 2 is 1.48 bits per heavy atom. The lowest BCUT2D eigenvalue weighted by Crippen LogP contribution is -2.40. The summed E-state index contributed by atoms with van der Waals surface area (Å²) < 4.78 is 5.88. The van der Waals surface area contributed by atoms with Gasteiger partial charge in [-0.1, -0.05) is 72.8 Å². The van der Waals surface area contributed by atoms with E-state index in [0.29, 0.717) is 29.6 Å². The number of nitrogens with zero attached hydrogens (tertiary/aromatic N) is 1. The van der Waals surface area contributed by atoms with Crippen LogP contribution in [0.4, 0.5) is 0 Å². The lowest BCUT2D eigenvalue weighted by Gasteiger charge is -2.21. The molecule has 1 N–H and O–H groups in total. The number of hydrogen-bond acceptors (Lipinski definition) is 3. The lowest BCUT2D eigenvalue weighted by molar-refractivity contribution is 0.0969. The third-order valence-corrected chi connectivity index (χ3v) is 4.87. The monoisotopic (exact) mass is 404 g/mol. The Kier molecular flexibility index (Phi) is 7.36. The van der Waals surface area contributed by atoms with Gasteiger partial charge < -0.3 is 9.64 Å². The number of para-hydroxylation sites is 1. The number of amides is 1. The quantitative estimate of drug-likeness (QED) is 0.591. The molecular formula is C24H24N2O2S. The van der Waals surface area contributed by atoms with E-state index in [0.717, 1.165) is 12.0 Å². The van der Waals surface area contributed by atoms with Crippen LogP contribution in [0.1, 0.15) is 21.5 Å². The van der Waals surface area contributed by atoms with Crippen molar-refractivity contribution in [3.8, 4) is 5.75 Å². The summed E-state index contributed by atoms with van der Waals surface area (Å²) in [6.45, 7) is 1.11. The molecule has 0 saturated carbocycles. The Labute approximate surface area is 177 Å². The van der Waals surface area contributed by atoms with Crippen LogP contribution in [0.15, 0.2) is 84.9 Å². The molecule has 0 fully saturated rings. The highest BCUT2D eigenvalue weighted by molar-refractivity contribution is 7.80. The number of rotatable bonds is 7. The SMILES string of the molecule is CN(Cc1ccccc1)C(=S)NC(=O)c1ccccc1OCCc1ccccc1. The van der Waals surface area contributed by atoms with E-state index in [1.807, 2.05) is 72.6 Å². The first kappa shape index (κ1) is 20.6. The van der Waals surface area contributed by atoms with Crippen LogP contribution in [-0.2, 0) is 13.0 Å². The topological polar surface area (TPSA) is 41.6 Å². The lowest BCUT2D eigenvalue weighted by atomic mass is 10.1. The first-order valence-electron chi connectivity index (χ1n) is 9.49. The summed E-state index contributed by atoms with van der Waals surface area (Å²) in [5, 5.41) is 3.18. The minimum atomic E-state index is -0.273. The van der Waals surface area contributed by atoms with Gasteiger partial charge in [0.2, 0.25) is 0 Å². The first-order valence-corrected chi connectivity index (χ1v) is 9.90. The third kappa shape index (κ3) is 6.16. The van der Waals surface area contributed by atoms with Gasteiger partial charge in [0, 0.05) is 20.0 Å². The normalized spacial score (nSPS) is 10.2. The van der Waals surface area contributed by atoms with Crippen molar-refractivity contribution in [2.45, 2.75) is 13.0 Å². The van der Waals surface area contributed by atoms with Gasteiger partial charge >= 0.3 is 0 Å². The van der Waals surface area contributed by atoms with E-state index in [2.05, 4.69) is 17.4 Å². The van der Waals surface area contributed by atoms with Gasteiger partial charge in [0.1, 0.15) is 5.75 Å². The van der Waals surface area contributed by atoms with Crippen LogP contribution in [0.3, 0.4) is 0 Å². The van der Waals surface area contributed by atoms with Crippen LogP contribution in [0.25, 0.3) is 0 Å². The number of hydrogen-bond donors (Lipinski definition) is 1. The average Bonchev–Trinajstić information content (AvgIpc) is 2.75. The predicted molar refractivity (Wildman–Crippen MR) is 120 cm³/mol. The van der Waals surface area contributed by atoms with Crippen molar-refractivity contribution in [1.29, 1.82) is 0 Å². The Morgan fingerprint density at radius 1 is 0.897 bits per heavy atom. The molecule has 0 aliphatic carbocycles. The second-order valence-electron chi connectivity index (χ2n) is 6.68. The van der Waals surface area contributed by atoms with E-state index in [4.69, 9.17) is 17.0 Å². The van der Waals surface area contributed by atoms with Gasteiger partial charge in [-0.2, -0.15) is 0 Å². The summed E-state index contributed by atoms with van der Waals surface area (Å²) in [7, 11) is 1.86. The molecule has 0 unspecified atom stereocenters. The summed E-state index contributed by atoms with van der Waals surface area (Å²) >= 11 is 5.40. The number of carbonyl (C=O) groups excluding carboxylic acids is 1. The fourth-order valence-corrected chi connectivity index (χ4v) is 3.05. The molecule has 3 rings (SSSR count). The third-order valence-electron chi connectivity index (χ3n) is 4.45. The fourth-order valence-electron chi connectivity index (χ4n) is 2.89. The van der Waals surface area contributed by atoms with E-state index < -0.39 is 0 Å². The highest BCUT2D eigenvalue weighted by Crippen LogP contribution is 2.18. The van der Waals surface area contributed by atoms with E-state index in [1.165, 1.54) is 5.56 Å². The second kappa shape index (κ2) is 10.4. The predicted octanol–water partition coefficient (Wildman–Crippen LogP) is 4.45. The molecule has 148 valence electrons. The summed E-state index contributed by atoms with van der Waals surface area (Å²) in [6, 6.07) is 27.3. The molecule has 0 spiro atoms. The van der Waals surface area contributed by atoms with E-state index in [1.54, 1.807) is 12.1 Å². The van der Waals surface area contributed by atoms with Crippen molar-refractivity contribution in [3.05, 3.63) is 102 Å². The van der Waals surface area contributed by atoms with Crippen molar-refractivity contribution in [1.82, 2.24) is 10.2 Å². The molecule has 0 saturated heterocycles. The minimum absolute atomic E-state index is 0.273. The average molecular weight is 405 g/mol. The van der Waals surface area contributed by atoms with Crippen molar-refractivity contribution < 1.29 is 9.53 Å². The molecule has 0 heterocycles. The maximum Gasteiger partial charge on any atom is 0.261 e. The van der Waals surface area contributed by atoms with Gasteiger partial charge in [-0.05, 0) is 35.5 Å².